The van der Waals surface area contributed by atoms with E-state index in [9.17, 15) is 25.2 Å². The van der Waals surface area contributed by atoms with E-state index in [1.165, 1.54) is 185 Å². The molecule has 5 unspecified atom stereocenters. The number of ether oxygens (including phenoxy) is 2. The van der Waals surface area contributed by atoms with Gasteiger partial charge in [-0.05, 0) is 12.8 Å². The van der Waals surface area contributed by atoms with Crippen molar-refractivity contribution in [2.24, 2.45) is 0 Å². The van der Waals surface area contributed by atoms with Crippen molar-refractivity contribution >= 4 is 5.91 Å². The summed E-state index contributed by atoms with van der Waals surface area (Å²) in [6.07, 6.45) is 34.1. The number of hydrogen-bond donors (Lipinski definition) is 5. The summed E-state index contributed by atoms with van der Waals surface area (Å²) in [5.74, 6) is -0.369. The Morgan fingerprint density at radius 1 is 0.473 bits per heavy atom. The largest absolute Gasteiger partial charge is 0.394 e. The van der Waals surface area contributed by atoms with E-state index in [1.54, 1.807) is 0 Å². The Labute approximate surface area is 339 Å². The minimum Gasteiger partial charge on any atom is -0.394 e. The van der Waals surface area contributed by atoms with Gasteiger partial charge in [0.05, 0.1) is 13.2 Å². The average Bonchev–Trinajstić information content (AvgIpc) is 3.19. The molecule has 0 spiro atoms. The molecule has 0 aromatic rings. The molecule has 0 aliphatic carbocycles. The number of aliphatic hydroxyl groups excluding tert-OH is 5. The molecule has 0 radical (unpaired) electrons. The molecule has 0 aromatic heterocycles. The van der Waals surface area contributed by atoms with Crippen molar-refractivity contribution in [2.75, 3.05) is 40.0 Å². The van der Waals surface area contributed by atoms with E-state index in [0.717, 1.165) is 32.1 Å². The Bertz CT molecular complexity index is 789. The van der Waals surface area contributed by atoms with Crippen LogP contribution in [0.1, 0.15) is 219 Å². The molecule has 330 valence electrons. The van der Waals surface area contributed by atoms with Crippen molar-refractivity contribution in [1.82, 2.24) is 4.90 Å². The quantitative estimate of drug-likeness (QED) is 0.0385. The van der Waals surface area contributed by atoms with E-state index in [2.05, 4.69) is 13.8 Å². The maximum Gasteiger partial charge on any atom is 0.253 e. The van der Waals surface area contributed by atoms with Gasteiger partial charge in [0.25, 0.3) is 5.91 Å². The van der Waals surface area contributed by atoms with Crippen LogP contribution in [0.15, 0.2) is 0 Å². The number of hydrogen-bond acceptors (Lipinski definition) is 8. The second-order valence-corrected chi connectivity index (χ2v) is 16.6. The summed E-state index contributed by atoms with van der Waals surface area (Å²) in [5.41, 5.74) is 0. The van der Waals surface area contributed by atoms with Crippen molar-refractivity contribution in [3.8, 4) is 0 Å². The first kappa shape index (κ1) is 54.2. The number of likely N-dealkylation sites (N-methyl/N-ethyl adjacent to an activating group) is 1. The molecule has 0 saturated heterocycles. The van der Waals surface area contributed by atoms with Crippen LogP contribution in [0.25, 0.3) is 0 Å². The predicted octanol–water partition coefficient (Wildman–Crippen LogP) is 9.81. The standard InChI is InChI=1S/C46H93NO8/c1-4-6-8-10-12-14-16-18-20-22-24-26-28-30-32-34-36-54-40-43(46(53)47(3)38-41(49)44(51)45(52)42(50)39-48)55-37-35-33-31-29-27-25-23-21-19-17-15-13-11-9-7-5-2/h41-45,48-52H,4-40H2,1-3H3. The van der Waals surface area contributed by atoms with Gasteiger partial charge in [-0.2, -0.15) is 0 Å². The van der Waals surface area contributed by atoms with Gasteiger partial charge in [0, 0.05) is 26.8 Å². The maximum atomic E-state index is 13.4. The van der Waals surface area contributed by atoms with Crippen molar-refractivity contribution in [2.45, 2.75) is 250 Å². The molecule has 0 aliphatic rings. The monoisotopic (exact) mass is 788 g/mol. The van der Waals surface area contributed by atoms with Gasteiger partial charge in [0.1, 0.15) is 24.4 Å². The summed E-state index contributed by atoms with van der Waals surface area (Å²) in [7, 11) is 1.51. The lowest BCUT2D eigenvalue weighted by Crippen LogP contribution is -2.51. The van der Waals surface area contributed by atoms with Gasteiger partial charge in [-0.15, -0.1) is 0 Å². The molecular formula is C46H93NO8. The smallest absolute Gasteiger partial charge is 0.253 e. The number of nitrogens with zero attached hydrogens (tertiary/aromatic N) is 1. The molecule has 0 bridgehead atoms. The van der Waals surface area contributed by atoms with Crippen LogP contribution in [0.5, 0.6) is 0 Å². The summed E-state index contributed by atoms with van der Waals surface area (Å²) in [6.45, 7) is 4.63. The van der Waals surface area contributed by atoms with Gasteiger partial charge in [-0.1, -0.05) is 206 Å². The van der Waals surface area contributed by atoms with Gasteiger partial charge in [-0.3, -0.25) is 4.79 Å². The van der Waals surface area contributed by atoms with Gasteiger partial charge in [-0.25, -0.2) is 0 Å². The average molecular weight is 788 g/mol. The molecule has 0 saturated carbocycles. The number of unbranched alkanes of at least 4 members (excludes halogenated alkanes) is 30. The van der Waals surface area contributed by atoms with Crippen molar-refractivity contribution < 1.29 is 39.8 Å². The molecular weight excluding hydrogens is 695 g/mol. The lowest BCUT2D eigenvalue weighted by Gasteiger charge is -2.30. The van der Waals surface area contributed by atoms with Crippen LogP contribution in [0.3, 0.4) is 0 Å². The third-order valence-corrected chi connectivity index (χ3v) is 11.2. The summed E-state index contributed by atoms with van der Waals surface area (Å²) in [6, 6.07) is 0. The molecule has 9 heteroatoms. The van der Waals surface area contributed by atoms with E-state index in [0.29, 0.717) is 13.2 Å². The molecule has 0 fully saturated rings. The molecule has 5 atom stereocenters. The molecule has 55 heavy (non-hydrogen) atoms. The van der Waals surface area contributed by atoms with Crippen molar-refractivity contribution in [3.05, 3.63) is 0 Å². The third-order valence-electron chi connectivity index (χ3n) is 11.2. The zero-order chi connectivity index (χ0) is 40.6. The fraction of sp³-hybridized carbons (Fsp3) is 0.978. The van der Waals surface area contributed by atoms with Gasteiger partial charge < -0.3 is 39.9 Å². The van der Waals surface area contributed by atoms with E-state index >= 15 is 0 Å². The van der Waals surface area contributed by atoms with Crippen LogP contribution < -0.4 is 0 Å². The van der Waals surface area contributed by atoms with Crippen LogP contribution >= 0.6 is 0 Å². The highest BCUT2D eigenvalue weighted by molar-refractivity contribution is 5.80. The number of amides is 1. The molecule has 0 rings (SSSR count). The Balaban J connectivity index is 4.32. The van der Waals surface area contributed by atoms with Crippen LogP contribution in [0.2, 0.25) is 0 Å². The Morgan fingerprint density at radius 3 is 1.13 bits per heavy atom. The fourth-order valence-electron chi connectivity index (χ4n) is 7.30. The van der Waals surface area contributed by atoms with E-state index in [4.69, 9.17) is 14.6 Å². The zero-order valence-corrected chi connectivity index (χ0v) is 36.5. The number of carbonyl (C=O) groups excluding carboxylic acids is 1. The second kappa shape index (κ2) is 41.4. The number of rotatable bonds is 44. The highest BCUT2D eigenvalue weighted by Gasteiger charge is 2.32. The van der Waals surface area contributed by atoms with Crippen LogP contribution in [0.4, 0.5) is 0 Å². The van der Waals surface area contributed by atoms with E-state index in [1.807, 2.05) is 0 Å². The molecule has 1 amide bonds. The molecule has 0 aliphatic heterocycles. The maximum absolute atomic E-state index is 13.4. The van der Waals surface area contributed by atoms with Gasteiger partial charge in [0.2, 0.25) is 0 Å². The second-order valence-electron chi connectivity index (χ2n) is 16.6. The molecule has 5 N–H and O–H groups in total. The lowest BCUT2D eigenvalue weighted by atomic mass is 10.0. The Hall–Kier alpha value is -0.810. The van der Waals surface area contributed by atoms with Crippen LogP contribution in [0, 0.1) is 0 Å². The Kier molecular flexibility index (Phi) is 40.7. The topological polar surface area (TPSA) is 140 Å². The lowest BCUT2D eigenvalue weighted by molar-refractivity contribution is -0.152. The minimum absolute atomic E-state index is 0.116. The highest BCUT2D eigenvalue weighted by atomic mass is 16.5. The first-order valence-corrected chi connectivity index (χ1v) is 23.6. The summed E-state index contributed by atoms with van der Waals surface area (Å²) >= 11 is 0. The normalized spacial score (nSPS) is 14.5. The van der Waals surface area contributed by atoms with Crippen LogP contribution in [-0.4, -0.2) is 107 Å². The zero-order valence-electron chi connectivity index (χ0n) is 36.5. The summed E-state index contributed by atoms with van der Waals surface area (Å²) in [4.78, 5) is 14.6. The predicted molar refractivity (Wildman–Crippen MR) is 228 cm³/mol. The summed E-state index contributed by atoms with van der Waals surface area (Å²) in [5, 5.41) is 49.4. The van der Waals surface area contributed by atoms with Gasteiger partial charge >= 0.3 is 0 Å². The van der Waals surface area contributed by atoms with Crippen molar-refractivity contribution in [1.29, 1.82) is 0 Å². The molecule has 0 aromatic carbocycles. The molecule has 9 nitrogen and oxygen atoms in total. The first-order chi connectivity index (χ1) is 26.8. The first-order valence-electron chi connectivity index (χ1n) is 23.6. The van der Waals surface area contributed by atoms with E-state index in [-0.39, 0.29) is 19.1 Å². The minimum atomic E-state index is -1.74. The van der Waals surface area contributed by atoms with E-state index < -0.39 is 37.1 Å². The SMILES string of the molecule is CCCCCCCCCCCCCCCCCCOCC(OCCCCCCCCCCCCCCCCCC)C(=O)N(C)CC(O)C(O)C(O)C(O)CO. The van der Waals surface area contributed by atoms with Gasteiger partial charge in [0.15, 0.2) is 6.10 Å². The third kappa shape index (κ3) is 33.8. The summed E-state index contributed by atoms with van der Waals surface area (Å²) < 4.78 is 12.0. The molecule has 0 heterocycles. The Morgan fingerprint density at radius 2 is 0.782 bits per heavy atom. The van der Waals surface area contributed by atoms with Crippen LogP contribution in [-0.2, 0) is 14.3 Å². The number of carbonyl (C=O) groups is 1. The van der Waals surface area contributed by atoms with Crippen molar-refractivity contribution in [3.63, 3.8) is 0 Å². The highest BCUT2D eigenvalue weighted by Crippen LogP contribution is 2.16. The number of aliphatic hydroxyl groups is 5. The fourth-order valence-corrected chi connectivity index (χ4v) is 7.30.